The topological polar surface area (TPSA) is 94.4 Å². The fourth-order valence-corrected chi connectivity index (χ4v) is 2.89. The van der Waals surface area contributed by atoms with Gasteiger partial charge in [0.2, 0.25) is 5.82 Å². The molecule has 0 radical (unpaired) electrons. The molecule has 0 amide bonds. The predicted molar refractivity (Wildman–Crippen MR) is 77.6 cm³/mol. The smallest absolute Gasteiger partial charge is 0.261 e. The monoisotopic (exact) mass is 289 g/mol. The maximum absolute atomic E-state index is 10.0. The third-order valence-corrected chi connectivity index (χ3v) is 4.18. The van der Waals surface area contributed by atoms with E-state index in [1.165, 1.54) is 6.42 Å². The van der Waals surface area contributed by atoms with Crippen LogP contribution >= 0.6 is 0 Å². The number of anilines is 1. The van der Waals surface area contributed by atoms with Crippen molar-refractivity contribution in [2.75, 3.05) is 12.8 Å². The molecule has 3 rings (SSSR count). The average molecular weight is 289 g/mol. The molecule has 0 unspecified atom stereocenters. The molecule has 21 heavy (non-hydrogen) atoms. The minimum absolute atomic E-state index is 0.0391. The highest BCUT2D eigenvalue weighted by Crippen LogP contribution is 2.40. The lowest BCUT2D eigenvalue weighted by molar-refractivity contribution is -0.0527. The number of benzene rings is 1. The summed E-state index contributed by atoms with van der Waals surface area (Å²) in [6, 6.07) is 5.05. The van der Waals surface area contributed by atoms with Crippen LogP contribution in [0.2, 0.25) is 0 Å². The summed E-state index contributed by atoms with van der Waals surface area (Å²) in [5.74, 6) is 0.765. The molecule has 1 aliphatic carbocycles. The standard InChI is InChI=1S/C15H19N3O3/c1-20-15(8-3-2-4-9-15)14-17-13(21-18-14)10-6-5-7-11(16)12(10)19/h5-7,19H,2-4,8-9,16H2,1H3. The molecule has 1 aromatic heterocycles. The largest absolute Gasteiger partial charge is 0.505 e. The number of nitrogen functional groups attached to an aromatic ring is 1. The summed E-state index contributed by atoms with van der Waals surface area (Å²) < 4.78 is 11.0. The SMILES string of the molecule is COC1(c2noc(-c3cccc(N)c3O)n2)CCCCC1. The zero-order valence-electron chi connectivity index (χ0n) is 12.0. The number of hydrogen-bond donors (Lipinski definition) is 2. The Bertz CT molecular complexity index is 633. The van der Waals surface area contributed by atoms with Crippen molar-refractivity contribution in [2.45, 2.75) is 37.7 Å². The number of aromatic hydroxyl groups is 1. The van der Waals surface area contributed by atoms with E-state index in [2.05, 4.69) is 10.1 Å². The van der Waals surface area contributed by atoms with E-state index in [0.29, 0.717) is 11.4 Å². The summed E-state index contributed by atoms with van der Waals surface area (Å²) in [5, 5.41) is 14.1. The average Bonchev–Trinajstić information content (AvgIpc) is 3.01. The van der Waals surface area contributed by atoms with Crippen LogP contribution in [-0.2, 0) is 10.3 Å². The van der Waals surface area contributed by atoms with Gasteiger partial charge < -0.3 is 20.1 Å². The normalized spacial score (nSPS) is 17.8. The Balaban J connectivity index is 1.98. The summed E-state index contributed by atoms with van der Waals surface area (Å²) in [5.41, 5.74) is 5.94. The maximum atomic E-state index is 10.0. The molecule has 1 aliphatic rings. The number of para-hydroxylation sites is 1. The third kappa shape index (κ3) is 2.35. The van der Waals surface area contributed by atoms with Crippen molar-refractivity contribution in [2.24, 2.45) is 0 Å². The molecule has 0 saturated heterocycles. The molecule has 0 aliphatic heterocycles. The molecule has 0 atom stereocenters. The zero-order valence-corrected chi connectivity index (χ0v) is 12.0. The van der Waals surface area contributed by atoms with Gasteiger partial charge in [0.05, 0.1) is 11.3 Å². The molecule has 3 N–H and O–H groups in total. The van der Waals surface area contributed by atoms with Gasteiger partial charge in [0, 0.05) is 7.11 Å². The number of methoxy groups -OCH3 is 1. The van der Waals surface area contributed by atoms with E-state index in [1.54, 1.807) is 25.3 Å². The van der Waals surface area contributed by atoms with E-state index >= 15 is 0 Å². The second kappa shape index (κ2) is 5.37. The Morgan fingerprint density at radius 1 is 1.29 bits per heavy atom. The number of phenolic OH excluding ortho intramolecular Hbond substituents is 1. The summed E-state index contributed by atoms with van der Waals surface area (Å²) in [6.45, 7) is 0. The predicted octanol–water partition coefficient (Wildman–Crippen LogP) is 2.83. The Morgan fingerprint density at radius 2 is 2.05 bits per heavy atom. The summed E-state index contributed by atoms with van der Waals surface area (Å²) in [4.78, 5) is 4.43. The minimum Gasteiger partial charge on any atom is -0.505 e. The van der Waals surface area contributed by atoms with Gasteiger partial charge in [-0.05, 0) is 25.0 Å². The van der Waals surface area contributed by atoms with Gasteiger partial charge in [-0.15, -0.1) is 0 Å². The van der Waals surface area contributed by atoms with Crippen molar-refractivity contribution >= 4 is 5.69 Å². The quantitative estimate of drug-likeness (QED) is 0.666. The molecule has 112 valence electrons. The van der Waals surface area contributed by atoms with Crippen molar-refractivity contribution in [3.05, 3.63) is 24.0 Å². The first-order valence-electron chi connectivity index (χ1n) is 7.13. The zero-order chi connectivity index (χ0) is 14.9. The minimum atomic E-state index is -0.476. The van der Waals surface area contributed by atoms with Crippen molar-refractivity contribution in [1.29, 1.82) is 0 Å². The molecule has 1 saturated carbocycles. The molecule has 0 bridgehead atoms. The fourth-order valence-electron chi connectivity index (χ4n) is 2.89. The van der Waals surface area contributed by atoms with Gasteiger partial charge in [-0.25, -0.2) is 0 Å². The number of nitrogens with two attached hydrogens (primary N) is 1. The lowest BCUT2D eigenvalue weighted by Crippen LogP contribution is -2.32. The van der Waals surface area contributed by atoms with Crippen LogP contribution in [0.4, 0.5) is 5.69 Å². The van der Waals surface area contributed by atoms with Crippen LogP contribution in [0.1, 0.15) is 37.9 Å². The van der Waals surface area contributed by atoms with Crippen LogP contribution in [0.3, 0.4) is 0 Å². The van der Waals surface area contributed by atoms with Crippen molar-refractivity contribution in [3.63, 3.8) is 0 Å². The fraction of sp³-hybridized carbons (Fsp3) is 0.467. The van der Waals surface area contributed by atoms with Crippen molar-refractivity contribution in [1.82, 2.24) is 10.1 Å². The Morgan fingerprint density at radius 3 is 2.76 bits per heavy atom. The number of ether oxygens (including phenoxy) is 1. The van der Waals surface area contributed by atoms with Crippen molar-refractivity contribution < 1.29 is 14.4 Å². The second-order valence-electron chi connectivity index (χ2n) is 5.43. The maximum Gasteiger partial charge on any atom is 0.261 e. The first kappa shape index (κ1) is 13.9. The molecule has 6 nitrogen and oxygen atoms in total. The molecule has 2 aromatic rings. The van der Waals surface area contributed by atoms with E-state index in [9.17, 15) is 5.11 Å². The number of rotatable bonds is 3. The Kier molecular flexibility index (Phi) is 3.55. The van der Waals surface area contributed by atoms with Crippen LogP contribution in [-0.4, -0.2) is 22.4 Å². The molecule has 1 heterocycles. The van der Waals surface area contributed by atoms with Gasteiger partial charge in [-0.1, -0.05) is 30.5 Å². The van der Waals surface area contributed by atoms with Crippen LogP contribution < -0.4 is 5.73 Å². The molecular weight excluding hydrogens is 270 g/mol. The Hall–Kier alpha value is -2.08. The van der Waals surface area contributed by atoms with Crippen LogP contribution in [0, 0.1) is 0 Å². The molecule has 1 fully saturated rings. The molecular formula is C15H19N3O3. The third-order valence-electron chi connectivity index (χ3n) is 4.18. The van der Waals surface area contributed by atoms with E-state index in [-0.39, 0.29) is 17.3 Å². The lowest BCUT2D eigenvalue weighted by Gasteiger charge is -2.32. The highest BCUT2D eigenvalue weighted by molar-refractivity contribution is 5.71. The second-order valence-corrected chi connectivity index (χ2v) is 5.43. The van der Waals surface area contributed by atoms with Gasteiger partial charge in [-0.2, -0.15) is 4.98 Å². The van der Waals surface area contributed by atoms with Crippen molar-refractivity contribution in [3.8, 4) is 17.2 Å². The van der Waals surface area contributed by atoms with Gasteiger partial charge in [0.1, 0.15) is 5.60 Å². The van der Waals surface area contributed by atoms with E-state index in [1.807, 2.05) is 0 Å². The van der Waals surface area contributed by atoms with E-state index < -0.39 is 5.60 Å². The molecule has 6 heteroatoms. The first-order chi connectivity index (χ1) is 10.2. The number of hydrogen-bond acceptors (Lipinski definition) is 6. The molecule has 1 aromatic carbocycles. The van der Waals surface area contributed by atoms with Crippen LogP contribution in [0.15, 0.2) is 22.7 Å². The van der Waals surface area contributed by atoms with Gasteiger partial charge in [0.15, 0.2) is 5.75 Å². The van der Waals surface area contributed by atoms with Gasteiger partial charge in [0.25, 0.3) is 5.89 Å². The summed E-state index contributed by atoms with van der Waals surface area (Å²) in [7, 11) is 1.68. The highest BCUT2D eigenvalue weighted by Gasteiger charge is 2.38. The summed E-state index contributed by atoms with van der Waals surface area (Å²) >= 11 is 0. The van der Waals surface area contributed by atoms with Crippen LogP contribution in [0.25, 0.3) is 11.5 Å². The Labute approximate surface area is 122 Å². The van der Waals surface area contributed by atoms with E-state index in [4.69, 9.17) is 15.0 Å². The van der Waals surface area contributed by atoms with Crippen LogP contribution in [0.5, 0.6) is 5.75 Å². The summed E-state index contributed by atoms with van der Waals surface area (Å²) in [6.07, 6.45) is 5.13. The number of aromatic nitrogens is 2. The highest BCUT2D eigenvalue weighted by atomic mass is 16.5. The first-order valence-corrected chi connectivity index (χ1v) is 7.13. The lowest BCUT2D eigenvalue weighted by atomic mass is 9.84. The van der Waals surface area contributed by atoms with E-state index in [0.717, 1.165) is 25.7 Å². The number of phenols is 1. The number of nitrogens with zero attached hydrogens (tertiary/aromatic N) is 2. The van der Waals surface area contributed by atoms with Gasteiger partial charge in [-0.3, -0.25) is 0 Å². The molecule has 0 spiro atoms. The van der Waals surface area contributed by atoms with Gasteiger partial charge >= 0.3 is 0 Å².